The number of aromatic amines is 1. The monoisotopic (exact) mass is 256 g/mol. The van der Waals surface area contributed by atoms with Crippen molar-refractivity contribution in [2.45, 2.75) is 13.1 Å². The van der Waals surface area contributed by atoms with Crippen molar-refractivity contribution in [3.05, 3.63) is 38.4 Å². The van der Waals surface area contributed by atoms with Crippen LogP contribution < -0.4 is 11.2 Å². The average molecular weight is 256 g/mol. The first-order valence-corrected chi connectivity index (χ1v) is 4.10. The van der Waals surface area contributed by atoms with Crippen LogP contribution in [-0.4, -0.2) is 15.7 Å². The van der Waals surface area contributed by atoms with E-state index in [4.69, 9.17) is 0 Å². The normalized spacial score (nSPS) is 13.5. The van der Waals surface area contributed by atoms with Crippen LogP contribution in [0.2, 0.25) is 0 Å². The molecule has 0 amide bonds. The molecule has 1 heterocycles. The van der Waals surface area contributed by atoms with Gasteiger partial charge < -0.3 is 0 Å². The van der Waals surface area contributed by atoms with Gasteiger partial charge in [-0.25, -0.2) is 9.36 Å². The van der Waals surface area contributed by atoms with Crippen LogP contribution in [0.25, 0.3) is 5.95 Å². The van der Waals surface area contributed by atoms with Gasteiger partial charge in [-0.15, -0.1) is 0 Å². The number of nitrogens with zero attached hydrogens (tertiary/aromatic N) is 1. The standard InChI is InChI=1S/C8H5F5N2O2/c1-3-2-15(7(17)14-6(3)16)5(10)4(9)8(11,12)13/h2H,1H3,(H,14,16,17)/b5-4-. The number of halogens is 5. The van der Waals surface area contributed by atoms with E-state index in [1.807, 2.05) is 0 Å². The highest BCUT2D eigenvalue weighted by atomic mass is 19.4. The summed E-state index contributed by atoms with van der Waals surface area (Å²) in [4.78, 5) is 23.4. The number of hydrogen-bond donors (Lipinski definition) is 1. The SMILES string of the molecule is Cc1cn(/C(F)=C(\F)C(F)(F)F)c(=O)[nH]c1=O. The summed E-state index contributed by atoms with van der Waals surface area (Å²) in [5.41, 5.74) is -2.64. The van der Waals surface area contributed by atoms with E-state index < -0.39 is 29.2 Å². The molecule has 0 aliphatic carbocycles. The Bertz CT molecular complexity index is 581. The molecule has 0 unspecified atom stereocenters. The van der Waals surface area contributed by atoms with Crippen LogP contribution in [0.5, 0.6) is 0 Å². The van der Waals surface area contributed by atoms with Crippen molar-refractivity contribution < 1.29 is 22.0 Å². The summed E-state index contributed by atoms with van der Waals surface area (Å²) in [6.45, 7) is 1.12. The number of nitrogens with one attached hydrogen (secondary N) is 1. The predicted octanol–water partition coefficient (Wildman–Crippen LogP) is 1.47. The third-order valence-corrected chi connectivity index (χ3v) is 1.76. The Morgan fingerprint density at radius 3 is 2.29 bits per heavy atom. The number of aryl methyl sites for hydroxylation is 1. The first-order valence-electron chi connectivity index (χ1n) is 4.10. The van der Waals surface area contributed by atoms with Crippen LogP contribution in [0.15, 0.2) is 21.6 Å². The summed E-state index contributed by atoms with van der Waals surface area (Å²) < 4.78 is 60.8. The van der Waals surface area contributed by atoms with Gasteiger partial charge in [0.1, 0.15) is 0 Å². The van der Waals surface area contributed by atoms with Crippen molar-refractivity contribution >= 4 is 5.95 Å². The first kappa shape index (κ1) is 13.1. The van der Waals surface area contributed by atoms with Crippen molar-refractivity contribution in [3.63, 3.8) is 0 Å². The summed E-state index contributed by atoms with van der Waals surface area (Å²) in [6, 6.07) is 0. The number of rotatable bonds is 1. The van der Waals surface area contributed by atoms with Crippen molar-refractivity contribution in [2.75, 3.05) is 0 Å². The van der Waals surface area contributed by atoms with Gasteiger partial charge in [-0.3, -0.25) is 9.78 Å². The molecule has 0 saturated carbocycles. The van der Waals surface area contributed by atoms with Crippen LogP contribution >= 0.6 is 0 Å². The van der Waals surface area contributed by atoms with Crippen LogP contribution in [0, 0.1) is 6.92 Å². The summed E-state index contributed by atoms with van der Waals surface area (Å²) in [7, 11) is 0. The molecule has 1 rings (SSSR count). The van der Waals surface area contributed by atoms with Gasteiger partial charge in [0.25, 0.3) is 11.4 Å². The summed E-state index contributed by atoms with van der Waals surface area (Å²) >= 11 is 0. The van der Waals surface area contributed by atoms with Gasteiger partial charge in [-0.2, -0.15) is 22.0 Å². The van der Waals surface area contributed by atoms with Gasteiger partial charge in [-0.1, -0.05) is 0 Å². The second kappa shape index (κ2) is 4.15. The molecule has 0 bridgehead atoms. The minimum atomic E-state index is -5.55. The molecule has 1 aromatic heterocycles. The molecule has 1 N–H and O–H groups in total. The lowest BCUT2D eigenvalue weighted by molar-refractivity contribution is -0.109. The molecule has 4 nitrogen and oxygen atoms in total. The van der Waals surface area contributed by atoms with Crippen LogP contribution in [-0.2, 0) is 0 Å². The molecular formula is C8H5F5N2O2. The molecule has 1 aromatic rings. The van der Waals surface area contributed by atoms with Gasteiger partial charge in [0.2, 0.25) is 5.95 Å². The number of allylic oxidation sites excluding steroid dienone is 1. The Morgan fingerprint density at radius 1 is 1.29 bits per heavy atom. The lowest BCUT2D eigenvalue weighted by Gasteiger charge is -2.07. The van der Waals surface area contributed by atoms with E-state index in [2.05, 4.69) is 0 Å². The highest BCUT2D eigenvalue weighted by Gasteiger charge is 2.39. The zero-order valence-corrected chi connectivity index (χ0v) is 8.23. The molecule has 0 saturated heterocycles. The van der Waals surface area contributed by atoms with E-state index in [0.717, 1.165) is 6.92 Å². The summed E-state index contributed by atoms with van der Waals surface area (Å²) in [6.07, 6.45) is -5.07. The molecule has 17 heavy (non-hydrogen) atoms. The molecule has 0 aromatic carbocycles. The molecule has 0 radical (unpaired) electrons. The van der Waals surface area contributed by atoms with Gasteiger partial charge in [0, 0.05) is 11.8 Å². The second-order valence-corrected chi connectivity index (χ2v) is 3.04. The smallest absolute Gasteiger partial charge is 0.273 e. The van der Waals surface area contributed by atoms with Crippen molar-refractivity contribution in [2.24, 2.45) is 0 Å². The lowest BCUT2D eigenvalue weighted by atomic mass is 10.4. The predicted molar refractivity (Wildman–Crippen MR) is 47.5 cm³/mol. The second-order valence-electron chi connectivity index (χ2n) is 3.04. The molecule has 9 heteroatoms. The fourth-order valence-corrected chi connectivity index (χ4v) is 0.935. The van der Waals surface area contributed by atoms with E-state index in [9.17, 15) is 31.5 Å². The van der Waals surface area contributed by atoms with Crippen molar-refractivity contribution in [1.29, 1.82) is 0 Å². The highest BCUT2D eigenvalue weighted by Crippen LogP contribution is 2.30. The fraction of sp³-hybridized carbons (Fsp3) is 0.250. The molecule has 0 fully saturated rings. The minimum Gasteiger partial charge on any atom is -0.273 e. The van der Waals surface area contributed by atoms with E-state index in [-0.39, 0.29) is 10.1 Å². The Balaban J connectivity index is 3.52. The zero-order chi connectivity index (χ0) is 13.4. The third-order valence-electron chi connectivity index (χ3n) is 1.76. The van der Waals surface area contributed by atoms with Gasteiger partial charge in [0.05, 0.1) is 0 Å². The lowest BCUT2D eigenvalue weighted by Crippen LogP contribution is -2.30. The number of aromatic nitrogens is 2. The van der Waals surface area contributed by atoms with E-state index in [1.165, 1.54) is 4.98 Å². The Kier molecular flexibility index (Phi) is 3.21. The van der Waals surface area contributed by atoms with Crippen molar-refractivity contribution in [3.8, 4) is 0 Å². The molecule has 94 valence electrons. The van der Waals surface area contributed by atoms with Crippen LogP contribution in [0.3, 0.4) is 0 Å². The molecular weight excluding hydrogens is 251 g/mol. The van der Waals surface area contributed by atoms with Gasteiger partial charge in [-0.05, 0) is 6.92 Å². The number of H-pyrrole nitrogens is 1. The average Bonchev–Trinajstić information content (AvgIpc) is 2.20. The third kappa shape index (κ3) is 2.60. The highest BCUT2D eigenvalue weighted by molar-refractivity contribution is 5.41. The van der Waals surface area contributed by atoms with E-state index >= 15 is 0 Å². The Hall–Kier alpha value is -1.93. The molecule has 0 atom stereocenters. The fourth-order valence-electron chi connectivity index (χ4n) is 0.935. The molecule has 0 spiro atoms. The number of hydrogen-bond acceptors (Lipinski definition) is 2. The Labute approximate surface area is 90.0 Å². The summed E-state index contributed by atoms with van der Waals surface area (Å²) in [5, 5.41) is 0. The largest absolute Gasteiger partial charge is 0.447 e. The Morgan fingerprint density at radius 2 is 1.82 bits per heavy atom. The van der Waals surface area contributed by atoms with Crippen LogP contribution in [0.4, 0.5) is 22.0 Å². The van der Waals surface area contributed by atoms with Crippen LogP contribution in [0.1, 0.15) is 5.56 Å². The van der Waals surface area contributed by atoms with E-state index in [0.29, 0.717) is 6.20 Å². The number of alkyl halides is 3. The molecule has 0 aliphatic heterocycles. The first-order chi connectivity index (χ1) is 7.64. The maximum atomic E-state index is 13.0. The van der Waals surface area contributed by atoms with Gasteiger partial charge in [0.15, 0.2) is 0 Å². The maximum Gasteiger partial charge on any atom is 0.447 e. The van der Waals surface area contributed by atoms with E-state index in [1.54, 1.807) is 0 Å². The summed E-state index contributed by atoms with van der Waals surface area (Å²) in [5.74, 6) is -5.48. The van der Waals surface area contributed by atoms with Gasteiger partial charge >= 0.3 is 11.9 Å². The van der Waals surface area contributed by atoms with Crippen molar-refractivity contribution in [1.82, 2.24) is 9.55 Å². The quantitative estimate of drug-likeness (QED) is 0.773. The maximum absolute atomic E-state index is 13.0. The molecule has 0 aliphatic rings. The minimum absolute atomic E-state index is 0.241. The zero-order valence-electron chi connectivity index (χ0n) is 8.23. The topological polar surface area (TPSA) is 54.9 Å².